The van der Waals surface area contributed by atoms with Crippen molar-refractivity contribution in [2.45, 2.75) is 64.8 Å². The molecule has 0 aromatic heterocycles. The van der Waals surface area contributed by atoms with Gasteiger partial charge < -0.3 is 10.4 Å². The highest BCUT2D eigenvalue weighted by Gasteiger charge is 2.29. The Morgan fingerprint density at radius 2 is 1.83 bits per heavy atom. The molecule has 0 radical (unpaired) electrons. The maximum Gasteiger partial charge on any atom is 0.303 e. The number of rotatable bonds is 6. The third-order valence-corrected chi connectivity index (χ3v) is 3.66. The first kappa shape index (κ1) is 15.0. The fourth-order valence-corrected chi connectivity index (χ4v) is 2.79. The van der Waals surface area contributed by atoms with Crippen molar-refractivity contribution in [2.75, 3.05) is 0 Å². The van der Waals surface area contributed by atoms with Crippen LogP contribution in [0.15, 0.2) is 0 Å². The Balaban J connectivity index is 2.60. The Kier molecular flexibility index (Phi) is 6.16. The van der Waals surface area contributed by atoms with Crippen LogP contribution in [0.2, 0.25) is 0 Å². The third-order valence-electron chi connectivity index (χ3n) is 3.66. The molecule has 1 unspecified atom stereocenters. The van der Waals surface area contributed by atoms with Gasteiger partial charge in [0.2, 0.25) is 5.91 Å². The van der Waals surface area contributed by atoms with Crippen LogP contribution >= 0.6 is 0 Å². The van der Waals surface area contributed by atoms with Crippen molar-refractivity contribution in [1.29, 1.82) is 0 Å². The summed E-state index contributed by atoms with van der Waals surface area (Å²) in [6, 6.07) is 0.119. The lowest BCUT2D eigenvalue weighted by atomic mass is 9.77. The molecule has 1 amide bonds. The predicted molar refractivity (Wildman–Crippen MR) is 70.2 cm³/mol. The van der Waals surface area contributed by atoms with Gasteiger partial charge in [0, 0.05) is 18.4 Å². The van der Waals surface area contributed by atoms with Crippen molar-refractivity contribution in [1.82, 2.24) is 5.32 Å². The van der Waals surface area contributed by atoms with Crippen molar-refractivity contribution in [3.8, 4) is 0 Å². The molecule has 4 nitrogen and oxygen atoms in total. The zero-order valence-corrected chi connectivity index (χ0v) is 11.4. The van der Waals surface area contributed by atoms with Crippen LogP contribution < -0.4 is 5.32 Å². The zero-order valence-electron chi connectivity index (χ0n) is 11.4. The van der Waals surface area contributed by atoms with Crippen LogP contribution in [0.1, 0.15) is 58.8 Å². The molecule has 18 heavy (non-hydrogen) atoms. The highest BCUT2D eigenvalue weighted by molar-refractivity contribution is 5.80. The van der Waals surface area contributed by atoms with Crippen LogP contribution in [0.3, 0.4) is 0 Å². The van der Waals surface area contributed by atoms with Crippen LogP contribution in [0, 0.1) is 11.8 Å². The Morgan fingerprint density at radius 3 is 2.33 bits per heavy atom. The largest absolute Gasteiger partial charge is 0.481 e. The molecule has 0 saturated heterocycles. The van der Waals surface area contributed by atoms with Gasteiger partial charge in [-0.1, -0.05) is 19.3 Å². The van der Waals surface area contributed by atoms with E-state index in [2.05, 4.69) is 5.32 Å². The number of carboxylic acid groups (broad SMARTS) is 1. The maximum absolute atomic E-state index is 12.2. The Labute approximate surface area is 109 Å². The lowest BCUT2D eigenvalue weighted by Gasteiger charge is -2.29. The van der Waals surface area contributed by atoms with E-state index in [0.29, 0.717) is 12.3 Å². The monoisotopic (exact) mass is 255 g/mol. The quantitative estimate of drug-likeness (QED) is 0.766. The number of aliphatic carboxylic acids is 1. The van der Waals surface area contributed by atoms with Gasteiger partial charge in [-0.15, -0.1) is 0 Å². The normalized spacial score (nSPS) is 18.6. The van der Waals surface area contributed by atoms with E-state index in [4.69, 9.17) is 5.11 Å². The summed E-state index contributed by atoms with van der Waals surface area (Å²) in [5.74, 6) is -0.521. The van der Waals surface area contributed by atoms with E-state index in [9.17, 15) is 9.59 Å². The number of carbonyl (C=O) groups excluding carboxylic acids is 1. The molecule has 0 heterocycles. The van der Waals surface area contributed by atoms with Gasteiger partial charge >= 0.3 is 5.97 Å². The van der Waals surface area contributed by atoms with Crippen molar-refractivity contribution >= 4 is 11.9 Å². The van der Waals surface area contributed by atoms with Crippen molar-refractivity contribution in [2.24, 2.45) is 11.8 Å². The minimum Gasteiger partial charge on any atom is -0.481 e. The molecular formula is C14H25NO3. The Hall–Kier alpha value is -1.06. The number of carboxylic acids is 1. The second-order valence-electron chi connectivity index (χ2n) is 5.60. The number of carbonyl (C=O) groups is 2. The Bertz CT molecular complexity index is 283. The molecular weight excluding hydrogens is 230 g/mol. The van der Waals surface area contributed by atoms with E-state index in [0.717, 1.165) is 12.8 Å². The fourth-order valence-electron chi connectivity index (χ4n) is 2.79. The summed E-state index contributed by atoms with van der Waals surface area (Å²) in [5, 5.41) is 11.7. The third kappa shape index (κ3) is 5.07. The van der Waals surface area contributed by atoms with Gasteiger partial charge in [-0.2, -0.15) is 0 Å². The second kappa shape index (κ2) is 7.39. The first-order valence-corrected chi connectivity index (χ1v) is 7.03. The lowest BCUT2D eigenvalue weighted by Crippen LogP contribution is -2.39. The average Bonchev–Trinajstić information content (AvgIpc) is 2.29. The van der Waals surface area contributed by atoms with Gasteiger partial charge in [0.1, 0.15) is 0 Å². The van der Waals surface area contributed by atoms with E-state index in [1.165, 1.54) is 19.3 Å². The highest BCUT2D eigenvalue weighted by atomic mass is 16.4. The van der Waals surface area contributed by atoms with Gasteiger partial charge in [-0.3, -0.25) is 9.59 Å². The second-order valence-corrected chi connectivity index (χ2v) is 5.60. The molecule has 104 valence electrons. The van der Waals surface area contributed by atoms with Crippen LogP contribution in [-0.4, -0.2) is 23.0 Å². The number of hydrogen-bond acceptors (Lipinski definition) is 2. The SMILES string of the molecule is CC(C)NC(=O)C(CCC(=O)O)C1CCCCC1. The summed E-state index contributed by atoms with van der Waals surface area (Å²) >= 11 is 0. The summed E-state index contributed by atoms with van der Waals surface area (Å²) in [4.78, 5) is 22.9. The minimum atomic E-state index is -0.812. The zero-order chi connectivity index (χ0) is 13.5. The summed E-state index contributed by atoms with van der Waals surface area (Å²) in [6.07, 6.45) is 6.27. The van der Waals surface area contributed by atoms with Gasteiger partial charge in [-0.25, -0.2) is 0 Å². The molecule has 4 heteroatoms. The smallest absolute Gasteiger partial charge is 0.303 e. The number of nitrogens with one attached hydrogen (secondary N) is 1. The van der Waals surface area contributed by atoms with Crippen LogP contribution in [0.5, 0.6) is 0 Å². The van der Waals surface area contributed by atoms with Gasteiger partial charge in [0.05, 0.1) is 0 Å². The molecule has 1 atom stereocenters. The summed E-state index contributed by atoms with van der Waals surface area (Å²) < 4.78 is 0. The topological polar surface area (TPSA) is 66.4 Å². The predicted octanol–water partition coefficient (Wildman–Crippen LogP) is 2.57. The molecule has 0 bridgehead atoms. The highest BCUT2D eigenvalue weighted by Crippen LogP contribution is 2.32. The Morgan fingerprint density at radius 1 is 1.22 bits per heavy atom. The molecule has 1 aliphatic rings. The molecule has 1 rings (SSSR count). The fraction of sp³-hybridized carbons (Fsp3) is 0.857. The first-order valence-electron chi connectivity index (χ1n) is 7.03. The molecule has 1 saturated carbocycles. The van der Waals surface area contributed by atoms with E-state index in [-0.39, 0.29) is 24.3 Å². The standard InChI is InChI=1S/C14H25NO3/c1-10(2)15-14(18)12(8-9-13(16)17)11-6-4-3-5-7-11/h10-12H,3-9H2,1-2H3,(H,15,18)(H,16,17). The van der Waals surface area contributed by atoms with Crippen molar-refractivity contribution in [3.05, 3.63) is 0 Å². The van der Waals surface area contributed by atoms with Gasteiger partial charge in [0.15, 0.2) is 0 Å². The molecule has 0 spiro atoms. The van der Waals surface area contributed by atoms with Gasteiger partial charge in [0.25, 0.3) is 0 Å². The molecule has 0 aromatic rings. The van der Waals surface area contributed by atoms with Crippen molar-refractivity contribution in [3.63, 3.8) is 0 Å². The maximum atomic E-state index is 12.2. The number of amides is 1. The van der Waals surface area contributed by atoms with Crippen molar-refractivity contribution < 1.29 is 14.7 Å². The molecule has 2 N–H and O–H groups in total. The molecule has 1 aliphatic carbocycles. The van der Waals surface area contributed by atoms with E-state index >= 15 is 0 Å². The van der Waals surface area contributed by atoms with Crippen LogP contribution in [-0.2, 0) is 9.59 Å². The molecule has 1 fully saturated rings. The average molecular weight is 255 g/mol. The number of hydrogen-bond donors (Lipinski definition) is 2. The first-order chi connectivity index (χ1) is 8.50. The molecule has 0 aliphatic heterocycles. The lowest BCUT2D eigenvalue weighted by molar-refractivity contribution is -0.138. The summed E-state index contributed by atoms with van der Waals surface area (Å²) in [6.45, 7) is 3.88. The molecule has 0 aromatic carbocycles. The summed E-state index contributed by atoms with van der Waals surface area (Å²) in [5.41, 5.74) is 0. The van der Waals surface area contributed by atoms with E-state index in [1.54, 1.807) is 0 Å². The van der Waals surface area contributed by atoms with E-state index in [1.807, 2.05) is 13.8 Å². The van der Waals surface area contributed by atoms with Gasteiger partial charge in [-0.05, 0) is 39.0 Å². The minimum absolute atomic E-state index is 0.0400. The van der Waals surface area contributed by atoms with Crippen LogP contribution in [0.4, 0.5) is 0 Å². The van der Waals surface area contributed by atoms with Crippen LogP contribution in [0.25, 0.3) is 0 Å². The summed E-state index contributed by atoms with van der Waals surface area (Å²) in [7, 11) is 0. The van der Waals surface area contributed by atoms with E-state index < -0.39 is 5.97 Å².